The summed E-state index contributed by atoms with van der Waals surface area (Å²) in [6, 6.07) is 0. The summed E-state index contributed by atoms with van der Waals surface area (Å²) in [6.07, 6.45) is 0. The molecule has 0 unspecified atom stereocenters. The number of rotatable bonds is 0. The van der Waals surface area contributed by atoms with Crippen LogP contribution in [0.15, 0.2) is 3.65 Å². The summed E-state index contributed by atoms with van der Waals surface area (Å²) >= 11 is 1.66. The first-order chi connectivity index (χ1) is 2.77. The first kappa shape index (κ1) is 22.5. The molecule has 0 spiro atoms. The molecule has 2 nitrogen and oxygen atoms in total. The van der Waals surface area contributed by atoms with Crippen LogP contribution in [0.5, 0.6) is 0 Å². The molecule has 4 heteroatoms. The van der Waals surface area contributed by atoms with Crippen LogP contribution in [0.2, 0.25) is 0 Å². The van der Waals surface area contributed by atoms with Crippen molar-refractivity contribution in [3.8, 4) is 0 Å². The first-order valence-electron chi connectivity index (χ1n) is 1.40. The standard InChI is InChI=1S/C2H3NO.3CH4.Ga.HI/c1-2(3)4;;;;;/h1H3;3*1H4;;1H/q;;;;+1;/p-1. The van der Waals surface area contributed by atoms with Crippen molar-refractivity contribution in [1.82, 2.24) is 0 Å². The Morgan fingerprint density at radius 3 is 1.78 bits per heavy atom. The van der Waals surface area contributed by atoms with E-state index in [0.29, 0.717) is 0 Å². The average molecular weight is 302 g/mol. The van der Waals surface area contributed by atoms with E-state index < -0.39 is 13.7 Å². The fraction of sp³-hybridized carbons (Fsp3) is 0.800. The number of hydrogen-bond acceptors (Lipinski definition) is 1. The molecule has 0 aliphatic heterocycles. The molecule has 0 atom stereocenters. The second kappa shape index (κ2) is 15.9. The van der Waals surface area contributed by atoms with E-state index in [1.54, 1.807) is 0 Å². The molecule has 1 amide bonds. The Hall–Kier alpha value is 0.836. The van der Waals surface area contributed by atoms with E-state index in [2.05, 4.69) is 23.3 Å². The molecule has 0 heterocycles. The molecule has 0 bridgehead atoms. The van der Waals surface area contributed by atoms with Crippen LogP contribution in [-0.2, 0) is 4.79 Å². The molecule has 9 heavy (non-hydrogen) atoms. The third kappa shape index (κ3) is 28.1. The number of carbonyl (C=O) groups excluding carboxylic acids is 1. The van der Waals surface area contributed by atoms with E-state index >= 15 is 0 Å². The average Bonchev–Trinajstić information content (AvgIpc) is 1.35. The van der Waals surface area contributed by atoms with Gasteiger partial charge >= 0.3 is 54.6 Å². The van der Waals surface area contributed by atoms with Gasteiger partial charge in [0.1, 0.15) is 0 Å². The number of hydrogen-bond donors (Lipinski definition) is 0. The number of nitrogens with zero attached hydrogens (tertiary/aromatic N) is 1. The zero-order chi connectivity index (χ0) is 4.99. The quantitative estimate of drug-likeness (QED) is 0.500. The molecule has 0 aromatic rings. The van der Waals surface area contributed by atoms with Crippen LogP contribution in [0, 0.1) is 0 Å². The Morgan fingerprint density at radius 2 is 1.78 bits per heavy atom. The van der Waals surface area contributed by atoms with Crippen LogP contribution in [0.3, 0.4) is 0 Å². The second-order valence-electron chi connectivity index (χ2n) is 0.746. The zero-order valence-electron chi connectivity index (χ0n) is 3.31. The Labute approximate surface area is 76.5 Å². The van der Waals surface area contributed by atoms with E-state index in [9.17, 15) is 4.79 Å². The molecule has 0 aromatic heterocycles. The molecule has 0 saturated heterocycles. The molecule has 0 fully saturated rings. The van der Waals surface area contributed by atoms with Crippen LogP contribution in [0.4, 0.5) is 0 Å². The van der Waals surface area contributed by atoms with Crippen LogP contribution < -0.4 is 0 Å². The number of halogens is 1. The van der Waals surface area contributed by atoms with Gasteiger partial charge < -0.3 is 0 Å². The third-order valence-electron chi connectivity index (χ3n) is 0.231. The van der Waals surface area contributed by atoms with E-state index in [1.165, 1.54) is 6.92 Å². The molecular formula is C5H15GaINO. The summed E-state index contributed by atoms with van der Waals surface area (Å²) < 4.78 is 3.63. The Bertz CT molecular complexity index is 85.0. The molecule has 0 aliphatic carbocycles. The minimum atomic E-state index is -0.509. The van der Waals surface area contributed by atoms with E-state index in [1.807, 2.05) is 0 Å². The van der Waals surface area contributed by atoms with Crippen molar-refractivity contribution in [1.29, 1.82) is 0 Å². The van der Waals surface area contributed by atoms with Crippen molar-refractivity contribution >= 4 is 39.3 Å². The van der Waals surface area contributed by atoms with Crippen LogP contribution in [-0.4, -0.2) is 19.6 Å². The monoisotopic (exact) mass is 301 g/mol. The van der Waals surface area contributed by atoms with E-state index in [0.717, 1.165) is 0 Å². The van der Waals surface area contributed by atoms with Crippen molar-refractivity contribution in [2.45, 2.75) is 29.2 Å². The summed E-state index contributed by atoms with van der Waals surface area (Å²) in [5.41, 5.74) is 0. The molecule has 0 aliphatic rings. The molecule has 0 N–H and O–H groups in total. The Balaban J connectivity index is -0.0000000417. The van der Waals surface area contributed by atoms with Gasteiger partial charge in [-0.2, -0.15) is 0 Å². The van der Waals surface area contributed by atoms with E-state index in [4.69, 9.17) is 0 Å². The van der Waals surface area contributed by atoms with Gasteiger partial charge in [-0.3, -0.25) is 0 Å². The van der Waals surface area contributed by atoms with Gasteiger partial charge in [-0.15, -0.1) is 0 Å². The fourth-order valence-corrected chi connectivity index (χ4v) is 2.40. The van der Waals surface area contributed by atoms with Crippen LogP contribution in [0.25, 0.3) is 0 Å². The van der Waals surface area contributed by atoms with Crippen molar-refractivity contribution in [3.05, 3.63) is 0 Å². The van der Waals surface area contributed by atoms with Gasteiger partial charge in [-0.1, -0.05) is 22.3 Å². The van der Waals surface area contributed by atoms with Crippen LogP contribution in [0.1, 0.15) is 29.2 Å². The SMILES string of the molecule is C.C.C.CC(=O)[N]=[Ga][I]. The van der Waals surface area contributed by atoms with Crippen LogP contribution >= 0.6 is 19.7 Å². The summed E-state index contributed by atoms with van der Waals surface area (Å²) in [5, 5.41) is 0. The molecule has 0 radical (unpaired) electrons. The van der Waals surface area contributed by atoms with Crippen molar-refractivity contribution < 1.29 is 4.79 Å². The molecule has 0 rings (SSSR count). The van der Waals surface area contributed by atoms with Gasteiger partial charge in [-0.25, -0.2) is 0 Å². The number of amides is 1. The van der Waals surface area contributed by atoms with Crippen molar-refractivity contribution in [2.24, 2.45) is 3.65 Å². The van der Waals surface area contributed by atoms with Gasteiger partial charge in [0.25, 0.3) is 0 Å². The van der Waals surface area contributed by atoms with Gasteiger partial charge in [0.2, 0.25) is 0 Å². The summed E-state index contributed by atoms with van der Waals surface area (Å²) in [5.74, 6) is -0.0237. The third-order valence-corrected chi connectivity index (χ3v) is 2.65. The maximum absolute atomic E-state index is 9.91. The minimum absolute atomic E-state index is 0. The topological polar surface area (TPSA) is 29.4 Å². The fourth-order valence-electron chi connectivity index (χ4n) is 0.0687. The summed E-state index contributed by atoms with van der Waals surface area (Å²) in [6.45, 7) is 1.48. The van der Waals surface area contributed by atoms with Crippen molar-refractivity contribution in [3.63, 3.8) is 0 Å². The Morgan fingerprint density at radius 1 is 1.44 bits per heavy atom. The predicted octanol–water partition coefficient (Wildman–Crippen LogP) is 2.68. The first-order valence-corrected chi connectivity index (χ1v) is 9.88. The molecular weight excluding hydrogens is 287 g/mol. The second-order valence-corrected chi connectivity index (χ2v) is 4.59. The van der Waals surface area contributed by atoms with Gasteiger partial charge in [0.15, 0.2) is 0 Å². The molecule has 0 aromatic carbocycles. The molecule has 0 saturated carbocycles. The predicted molar refractivity (Wildman–Crippen MR) is 53.1 cm³/mol. The van der Waals surface area contributed by atoms with Gasteiger partial charge in [-0.05, 0) is 0 Å². The molecule has 56 valence electrons. The zero-order valence-corrected chi connectivity index (χ0v) is 7.89. The van der Waals surface area contributed by atoms with Crippen molar-refractivity contribution in [2.75, 3.05) is 0 Å². The normalized spacial score (nSPS) is 5.56. The van der Waals surface area contributed by atoms with Gasteiger partial charge in [0, 0.05) is 0 Å². The summed E-state index contributed by atoms with van der Waals surface area (Å²) in [7, 11) is 0. The van der Waals surface area contributed by atoms with E-state index in [-0.39, 0.29) is 28.2 Å². The number of carbonyl (C=O) groups is 1. The summed E-state index contributed by atoms with van der Waals surface area (Å²) in [4.78, 5) is 9.91. The maximum atomic E-state index is 9.91. The Kier molecular flexibility index (Phi) is 39.9. The van der Waals surface area contributed by atoms with Gasteiger partial charge in [0.05, 0.1) is 0 Å².